The second-order valence-electron chi connectivity index (χ2n) is 4.79. The summed E-state index contributed by atoms with van der Waals surface area (Å²) in [5.74, 6) is -0.991. The third kappa shape index (κ3) is 3.04. The number of hydrogen-bond donors (Lipinski definition) is 0. The number of benzene rings is 1. The lowest BCUT2D eigenvalue weighted by Gasteiger charge is -2.19. The first-order valence-corrected chi connectivity index (χ1v) is 6.73. The van der Waals surface area contributed by atoms with Gasteiger partial charge in [-0.1, -0.05) is 0 Å². The van der Waals surface area contributed by atoms with Crippen molar-refractivity contribution in [3.05, 3.63) is 35.1 Å². The minimum absolute atomic E-state index is 0.0407. The van der Waals surface area contributed by atoms with Gasteiger partial charge in [-0.25, -0.2) is 12.8 Å². The highest BCUT2D eigenvalue weighted by molar-refractivity contribution is 7.91. The van der Waals surface area contributed by atoms with Gasteiger partial charge in [-0.15, -0.1) is 0 Å². The zero-order valence-corrected chi connectivity index (χ0v) is 10.8. The second kappa shape index (κ2) is 4.46. The lowest BCUT2D eigenvalue weighted by atomic mass is 10.1. The summed E-state index contributed by atoms with van der Waals surface area (Å²) < 4.78 is 36.4. The Morgan fingerprint density at radius 1 is 1.35 bits per heavy atom. The Labute approximate surface area is 101 Å². The molecule has 1 rings (SSSR count). The number of halogens is 1. The summed E-state index contributed by atoms with van der Waals surface area (Å²) in [6.45, 7) is 4.69. The van der Waals surface area contributed by atoms with E-state index in [1.54, 1.807) is 20.8 Å². The van der Waals surface area contributed by atoms with E-state index in [-0.39, 0.29) is 11.1 Å². The summed E-state index contributed by atoms with van der Waals surface area (Å²) in [6, 6.07) is 5.57. The molecule has 0 aliphatic heterocycles. The monoisotopic (exact) mass is 255 g/mol. The van der Waals surface area contributed by atoms with Crippen LogP contribution < -0.4 is 0 Å². The minimum Gasteiger partial charge on any atom is -0.228 e. The van der Waals surface area contributed by atoms with Gasteiger partial charge in [0.15, 0.2) is 9.84 Å². The quantitative estimate of drug-likeness (QED) is 0.815. The van der Waals surface area contributed by atoms with Crippen molar-refractivity contribution < 1.29 is 12.8 Å². The second-order valence-corrected chi connectivity index (χ2v) is 7.53. The van der Waals surface area contributed by atoms with Crippen LogP contribution in [-0.2, 0) is 15.6 Å². The van der Waals surface area contributed by atoms with Crippen LogP contribution in [0.1, 0.15) is 31.9 Å². The van der Waals surface area contributed by atoms with Crippen LogP contribution in [0.25, 0.3) is 0 Å². The first-order chi connectivity index (χ1) is 7.67. The fourth-order valence-corrected chi connectivity index (χ4v) is 2.24. The highest BCUT2D eigenvalue weighted by atomic mass is 32.2. The molecule has 0 aliphatic rings. The summed E-state index contributed by atoms with van der Waals surface area (Å²) in [7, 11) is -3.45. The van der Waals surface area contributed by atoms with Gasteiger partial charge in [0.1, 0.15) is 5.82 Å². The fraction of sp³-hybridized carbons (Fsp3) is 0.417. The molecule has 0 spiro atoms. The number of sulfone groups is 1. The highest BCUT2D eigenvalue weighted by Crippen LogP contribution is 2.22. The molecule has 0 fully saturated rings. The van der Waals surface area contributed by atoms with Crippen molar-refractivity contribution in [3.63, 3.8) is 0 Å². The summed E-state index contributed by atoms with van der Waals surface area (Å²) in [4.78, 5) is 0. The van der Waals surface area contributed by atoms with Crippen molar-refractivity contribution >= 4 is 9.84 Å². The Morgan fingerprint density at radius 3 is 2.41 bits per heavy atom. The molecular formula is C12H14FNO2S. The maximum absolute atomic E-state index is 13.5. The molecule has 5 heteroatoms. The van der Waals surface area contributed by atoms with Gasteiger partial charge in [-0.3, -0.25) is 0 Å². The predicted molar refractivity (Wildman–Crippen MR) is 63.5 cm³/mol. The molecule has 0 amide bonds. The van der Waals surface area contributed by atoms with Gasteiger partial charge in [0.05, 0.1) is 22.1 Å². The van der Waals surface area contributed by atoms with Crippen molar-refractivity contribution in [3.8, 4) is 6.07 Å². The zero-order valence-electron chi connectivity index (χ0n) is 9.99. The largest absolute Gasteiger partial charge is 0.228 e. The number of nitrogens with zero attached hydrogens (tertiary/aromatic N) is 1. The van der Waals surface area contributed by atoms with E-state index in [1.807, 2.05) is 6.07 Å². The van der Waals surface area contributed by atoms with E-state index >= 15 is 0 Å². The fourth-order valence-electron chi connectivity index (χ4n) is 1.18. The van der Waals surface area contributed by atoms with Crippen LogP contribution in [0.15, 0.2) is 18.2 Å². The van der Waals surface area contributed by atoms with Crippen LogP contribution in [-0.4, -0.2) is 13.2 Å². The average Bonchev–Trinajstić information content (AvgIpc) is 2.19. The molecule has 1 aromatic rings. The van der Waals surface area contributed by atoms with Crippen LogP contribution in [0.5, 0.6) is 0 Å². The molecule has 17 heavy (non-hydrogen) atoms. The van der Waals surface area contributed by atoms with Gasteiger partial charge < -0.3 is 0 Å². The molecule has 3 nitrogen and oxygen atoms in total. The van der Waals surface area contributed by atoms with E-state index < -0.39 is 26.2 Å². The number of rotatable bonds is 2. The normalized spacial score (nSPS) is 12.2. The van der Waals surface area contributed by atoms with Gasteiger partial charge in [-0.05, 0) is 39.0 Å². The lowest BCUT2D eigenvalue weighted by molar-refractivity contribution is 0.555. The van der Waals surface area contributed by atoms with Crippen LogP contribution >= 0.6 is 0 Å². The molecule has 0 aromatic heterocycles. The SMILES string of the molecule is CC(C)(C)S(=O)(=O)Cc1cc(C#N)ccc1F. The van der Waals surface area contributed by atoms with Crippen LogP contribution in [0, 0.1) is 17.1 Å². The zero-order chi connectivity index (χ0) is 13.3. The van der Waals surface area contributed by atoms with E-state index in [4.69, 9.17) is 5.26 Å². The maximum Gasteiger partial charge on any atom is 0.159 e. The van der Waals surface area contributed by atoms with Crippen molar-refractivity contribution in [2.24, 2.45) is 0 Å². The lowest BCUT2D eigenvalue weighted by Crippen LogP contribution is -2.29. The summed E-state index contributed by atoms with van der Waals surface area (Å²) >= 11 is 0. The Bertz CT molecular complexity index is 565. The molecule has 1 aromatic carbocycles. The van der Waals surface area contributed by atoms with Gasteiger partial charge in [0.25, 0.3) is 0 Å². The van der Waals surface area contributed by atoms with E-state index in [2.05, 4.69) is 0 Å². The Balaban J connectivity index is 3.17. The average molecular weight is 255 g/mol. The topological polar surface area (TPSA) is 57.9 Å². The number of hydrogen-bond acceptors (Lipinski definition) is 3. The van der Waals surface area contributed by atoms with Crippen molar-refractivity contribution in [2.75, 3.05) is 0 Å². The van der Waals surface area contributed by atoms with Crippen molar-refractivity contribution in [1.29, 1.82) is 5.26 Å². The highest BCUT2D eigenvalue weighted by Gasteiger charge is 2.29. The van der Waals surface area contributed by atoms with Crippen LogP contribution in [0.3, 0.4) is 0 Å². The molecule has 0 N–H and O–H groups in total. The van der Waals surface area contributed by atoms with E-state index in [1.165, 1.54) is 12.1 Å². The minimum atomic E-state index is -3.45. The van der Waals surface area contributed by atoms with Gasteiger partial charge in [-0.2, -0.15) is 5.26 Å². The molecule has 0 bridgehead atoms. The first kappa shape index (κ1) is 13.7. The Kier molecular flexibility index (Phi) is 3.58. The molecule has 0 saturated carbocycles. The molecule has 92 valence electrons. The molecular weight excluding hydrogens is 241 g/mol. The Morgan fingerprint density at radius 2 is 1.94 bits per heavy atom. The molecule has 0 radical (unpaired) electrons. The molecule has 0 saturated heterocycles. The Hall–Kier alpha value is -1.41. The van der Waals surface area contributed by atoms with Gasteiger partial charge in [0, 0.05) is 5.56 Å². The maximum atomic E-state index is 13.5. The summed E-state index contributed by atoms with van der Waals surface area (Å²) in [5.41, 5.74) is 0.296. The standard InChI is InChI=1S/C12H14FNO2S/c1-12(2,3)17(15,16)8-10-6-9(7-14)4-5-11(10)13/h4-6H,8H2,1-3H3. The smallest absolute Gasteiger partial charge is 0.159 e. The van der Waals surface area contributed by atoms with Gasteiger partial charge in [0.2, 0.25) is 0 Å². The predicted octanol–water partition coefficient (Wildman–Crippen LogP) is 2.41. The number of nitriles is 1. The van der Waals surface area contributed by atoms with E-state index in [0.29, 0.717) is 0 Å². The molecule has 0 atom stereocenters. The van der Waals surface area contributed by atoms with Gasteiger partial charge >= 0.3 is 0 Å². The van der Waals surface area contributed by atoms with Crippen LogP contribution in [0.2, 0.25) is 0 Å². The summed E-state index contributed by atoms with van der Waals surface area (Å²) in [5, 5.41) is 8.69. The third-order valence-corrected chi connectivity index (χ3v) is 5.01. The molecule has 0 unspecified atom stereocenters. The van der Waals surface area contributed by atoms with E-state index in [9.17, 15) is 12.8 Å². The summed E-state index contributed by atoms with van der Waals surface area (Å²) in [6.07, 6.45) is 0. The first-order valence-electron chi connectivity index (χ1n) is 5.08. The third-order valence-electron chi connectivity index (χ3n) is 2.45. The molecule has 0 aliphatic carbocycles. The van der Waals surface area contributed by atoms with Crippen LogP contribution in [0.4, 0.5) is 4.39 Å². The van der Waals surface area contributed by atoms with Crippen molar-refractivity contribution in [2.45, 2.75) is 31.3 Å². The van der Waals surface area contributed by atoms with E-state index in [0.717, 1.165) is 6.07 Å². The van der Waals surface area contributed by atoms with Crippen molar-refractivity contribution in [1.82, 2.24) is 0 Å². The molecule has 0 heterocycles.